The first-order valence-corrected chi connectivity index (χ1v) is 11.4. The van der Waals surface area contributed by atoms with E-state index in [9.17, 15) is 14.4 Å². The first-order chi connectivity index (χ1) is 17.5. The fourth-order valence-electron chi connectivity index (χ4n) is 3.18. The molecule has 0 saturated carbocycles. The van der Waals surface area contributed by atoms with Crippen LogP contribution in [-0.4, -0.2) is 43.6 Å². The zero-order valence-electron chi connectivity index (χ0n) is 19.3. The van der Waals surface area contributed by atoms with Gasteiger partial charge in [-0.3, -0.25) is 14.9 Å². The normalized spacial score (nSPS) is 10.4. The molecule has 184 valence electrons. The average Bonchev–Trinajstić information content (AvgIpc) is 3.60. The number of methoxy groups -OCH3 is 2. The quantitative estimate of drug-likeness (QED) is 0.318. The van der Waals surface area contributed by atoms with Crippen molar-refractivity contribution in [1.29, 1.82) is 0 Å². The molecule has 0 bridgehead atoms. The Kier molecular flexibility index (Phi) is 7.61. The van der Waals surface area contributed by atoms with Gasteiger partial charge in [0, 0.05) is 23.1 Å². The maximum atomic E-state index is 12.9. The van der Waals surface area contributed by atoms with Crippen molar-refractivity contribution in [2.75, 3.05) is 31.5 Å². The van der Waals surface area contributed by atoms with E-state index < -0.39 is 24.4 Å². The highest BCUT2D eigenvalue weighted by molar-refractivity contribution is 7.14. The largest absolute Gasteiger partial charge is 0.493 e. The summed E-state index contributed by atoms with van der Waals surface area (Å²) in [7, 11) is 2.82. The standard InChI is InChI=1S/C25H21N3O7S/c1-32-20-11-16(17(12-21(20)33-2)26-23(30)19-9-6-10-34-19)24(31)35-13-22(29)28-25-27-18(14-36-25)15-7-4-3-5-8-15/h3-12,14H,13H2,1-2H3,(H,26,30)(H,27,28,29). The minimum Gasteiger partial charge on any atom is -0.493 e. The Morgan fingerprint density at radius 2 is 1.72 bits per heavy atom. The predicted molar refractivity (Wildman–Crippen MR) is 133 cm³/mol. The molecule has 2 aromatic heterocycles. The van der Waals surface area contributed by atoms with Gasteiger partial charge in [-0.1, -0.05) is 30.3 Å². The van der Waals surface area contributed by atoms with Crippen LogP contribution in [0.3, 0.4) is 0 Å². The lowest BCUT2D eigenvalue weighted by Gasteiger charge is -2.15. The number of anilines is 2. The molecule has 2 aromatic carbocycles. The number of ether oxygens (including phenoxy) is 3. The van der Waals surface area contributed by atoms with E-state index in [1.807, 2.05) is 35.7 Å². The van der Waals surface area contributed by atoms with Crippen molar-refractivity contribution in [3.05, 3.63) is 77.6 Å². The molecule has 4 rings (SSSR count). The highest BCUT2D eigenvalue weighted by Gasteiger charge is 2.22. The summed E-state index contributed by atoms with van der Waals surface area (Å²) in [6.45, 7) is -0.570. The van der Waals surface area contributed by atoms with Gasteiger partial charge in [0.25, 0.3) is 11.8 Å². The minimum atomic E-state index is -0.857. The number of aromatic nitrogens is 1. The lowest BCUT2D eigenvalue weighted by atomic mass is 10.1. The van der Waals surface area contributed by atoms with Gasteiger partial charge in [-0.25, -0.2) is 9.78 Å². The Morgan fingerprint density at radius 3 is 2.42 bits per heavy atom. The molecule has 0 atom stereocenters. The SMILES string of the molecule is COc1cc(NC(=O)c2ccco2)c(C(=O)OCC(=O)Nc2nc(-c3ccccc3)cs2)cc1OC. The number of nitrogens with zero attached hydrogens (tertiary/aromatic N) is 1. The Hall–Kier alpha value is -4.64. The Morgan fingerprint density at radius 1 is 0.972 bits per heavy atom. The van der Waals surface area contributed by atoms with Crippen molar-refractivity contribution < 1.29 is 33.0 Å². The number of amides is 2. The van der Waals surface area contributed by atoms with Crippen LogP contribution in [-0.2, 0) is 9.53 Å². The van der Waals surface area contributed by atoms with E-state index in [0.717, 1.165) is 11.3 Å². The van der Waals surface area contributed by atoms with E-state index in [1.54, 1.807) is 6.07 Å². The van der Waals surface area contributed by atoms with Crippen LogP contribution in [0.1, 0.15) is 20.9 Å². The average molecular weight is 508 g/mol. The van der Waals surface area contributed by atoms with Gasteiger partial charge >= 0.3 is 5.97 Å². The van der Waals surface area contributed by atoms with Crippen LogP contribution < -0.4 is 20.1 Å². The maximum Gasteiger partial charge on any atom is 0.340 e. The van der Waals surface area contributed by atoms with Gasteiger partial charge in [-0.2, -0.15) is 0 Å². The summed E-state index contributed by atoms with van der Waals surface area (Å²) in [6, 6.07) is 15.3. The number of hydrogen-bond donors (Lipinski definition) is 2. The molecule has 11 heteroatoms. The number of rotatable bonds is 9. The number of carbonyl (C=O) groups excluding carboxylic acids is 3. The highest BCUT2D eigenvalue weighted by atomic mass is 32.1. The van der Waals surface area contributed by atoms with Crippen LogP contribution in [0.15, 0.2) is 70.7 Å². The Balaban J connectivity index is 1.45. The minimum absolute atomic E-state index is 0.0408. The van der Waals surface area contributed by atoms with E-state index in [2.05, 4.69) is 15.6 Å². The third-order valence-electron chi connectivity index (χ3n) is 4.89. The van der Waals surface area contributed by atoms with Crippen molar-refractivity contribution in [3.8, 4) is 22.8 Å². The first kappa shape index (κ1) is 24.5. The molecular formula is C25H21N3O7S. The van der Waals surface area contributed by atoms with Crippen LogP contribution in [0, 0.1) is 0 Å². The molecule has 0 unspecified atom stereocenters. The van der Waals surface area contributed by atoms with Crippen LogP contribution in [0.2, 0.25) is 0 Å². The van der Waals surface area contributed by atoms with Crippen molar-refractivity contribution in [3.63, 3.8) is 0 Å². The number of hydrogen-bond acceptors (Lipinski definition) is 9. The molecule has 0 saturated heterocycles. The number of benzene rings is 2. The van der Waals surface area contributed by atoms with Gasteiger partial charge in [0.15, 0.2) is 29.0 Å². The summed E-state index contributed by atoms with van der Waals surface area (Å²) in [5, 5.41) is 7.38. The van der Waals surface area contributed by atoms with Gasteiger partial charge in [-0.05, 0) is 12.1 Å². The lowest BCUT2D eigenvalue weighted by molar-refractivity contribution is -0.119. The summed E-state index contributed by atoms with van der Waals surface area (Å²) in [5.41, 5.74) is 1.68. The van der Waals surface area contributed by atoms with E-state index in [0.29, 0.717) is 5.13 Å². The molecule has 36 heavy (non-hydrogen) atoms. The fourth-order valence-corrected chi connectivity index (χ4v) is 3.92. The second kappa shape index (κ2) is 11.2. The molecule has 0 spiro atoms. The van der Waals surface area contributed by atoms with E-state index in [1.165, 1.54) is 50.0 Å². The van der Waals surface area contributed by atoms with Gasteiger partial charge in [0.1, 0.15) is 0 Å². The summed E-state index contributed by atoms with van der Waals surface area (Å²) in [6.07, 6.45) is 1.35. The number of nitrogens with one attached hydrogen (secondary N) is 2. The smallest absolute Gasteiger partial charge is 0.340 e. The number of esters is 1. The van der Waals surface area contributed by atoms with Gasteiger partial charge < -0.3 is 23.9 Å². The lowest BCUT2D eigenvalue weighted by Crippen LogP contribution is -2.22. The van der Waals surface area contributed by atoms with Crippen molar-refractivity contribution >= 4 is 39.9 Å². The van der Waals surface area contributed by atoms with Gasteiger partial charge in [0.05, 0.1) is 37.4 Å². The van der Waals surface area contributed by atoms with Crippen molar-refractivity contribution in [1.82, 2.24) is 4.98 Å². The zero-order chi connectivity index (χ0) is 25.5. The third kappa shape index (κ3) is 5.70. The summed E-state index contributed by atoms with van der Waals surface area (Å²) in [4.78, 5) is 42.1. The van der Waals surface area contributed by atoms with Gasteiger partial charge in [-0.15, -0.1) is 11.3 Å². The predicted octanol–water partition coefficient (Wildman–Crippen LogP) is 4.47. The Bertz CT molecular complexity index is 1370. The van der Waals surface area contributed by atoms with E-state index in [4.69, 9.17) is 18.6 Å². The van der Waals surface area contributed by atoms with Crippen LogP contribution in [0.5, 0.6) is 11.5 Å². The molecule has 0 aliphatic rings. The molecule has 0 aliphatic heterocycles. The first-order valence-electron chi connectivity index (χ1n) is 10.6. The molecule has 2 amide bonds. The molecule has 10 nitrogen and oxygen atoms in total. The topological polar surface area (TPSA) is 129 Å². The van der Waals surface area contributed by atoms with Crippen LogP contribution >= 0.6 is 11.3 Å². The number of carbonyl (C=O) groups is 3. The highest BCUT2D eigenvalue weighted by Crippen LogP contribution is 2.34. The summed E-state index contributed by atoms with van der Waals surface area (Å²) >= 11 is 1.25. The molecule has 0 fully saturated rings. The van der Waals surface area contributed by atoms with E-state index in [-0.39, 0.29) is 28.5 Å². The van der Waals surface area contributed by atoms with Crippen molar-refractivity contribution in [2.45, 2.75) is 0 Å². The monoisotopic (exact) mass is 507 g/mol. The molecule has 0 aliphatic carbocycles. The van der Waals surface area contributed by atoms with Gasteiger partial charge in [0.2, 0.25) is 0 Å². The third-order valence-corrected chi connectivity index (χ3v) is 5.65. The second-order valence-corrected chi connectivity index (χ2v) is 8.07. The van der Waals surface area contributed by atoms with Crippen molar-refractivity contribution in [2.24, 2.45) is 0 Å². The molecule has 0 radical (unpaired) electrons. The molecule has 2 N–H and O–H groups in total. The second-order valence-electron chi connectivity index (χ2n) is 7.21. The summed E-state index contributed by atoms with van der Waals surface area (Å²) in [5.74, 6) is -1.46. The number of thiazole rings is 1. The molecular weight excluding hydrogens is 486 g/mol. The molecule has 4 aromatic rings. The summed E-state index contributed by atoms with van der Waals surface area (Å²) < 4.78 is 20.8. The molecule has 2 heterocycles. The van der Waals surface area contributed by atoms with Crippen LogP contribution in [0.25, 0.3) is 11.3 Å². The van der Waals surface area contributed by atoms with Crippen LogP contribution in [0.4, 0.5) is 10.8 Å². The number of furan rings is 1. The fraction of sp³-hybridized carbons (Fsp3) is 0.120. The Labute approximate surface area is 209 Å². The zero-order valence-corrected chi connectivity index (χ0v) is 20.1. The van der Waals surface area contributed by atoms with E-state index >= 15 is 0 Å². The maximum absolute atomic E-state index is 12.9.